The smallest absolute Gasteiger partial charge is 0.267 e. The van der Waals surface area contributed by atoms with E-state index >= 15 is 0 Å². The van der Waals surface area contributed by atoms with Gasteiger partial charge in [-0.3, -0.25) is 9.69 Å². The van der Waals surface area contributed by atoms with E-state index in [1.54, 1.807) is 0 Å². The van der Waals surface area contributed by atoms with Crippen LogP contribution in [0.5, 0.6) is 0 Å². The SMILES string of the molecule is CCCc1nnsc1C(=O)N1CCN(C2CC2)CC1Cc1ccccc1. The summed E-state index contributed by atoms with van der Waals surface area (Å²) in [6, 6.07) is 11.5. The molecule has 1 amide bonds. The number of carbonyl (C=O) groups is 1. The Hall–Kier alpha value is -1.79. The maximum Gasteiger partial charge on any atom is 0.267 e. The molecule has 1 unspecified atom stereocenters. The van der Waals surface area contributed by atoms with Crippen molar-refractivity contribution in [2.24, 2.45) is 0 Å². The number of carbonyl (C=O) groups excluding carboxylic acids is 1. The van der Waals surface area contributed by atoms with Crippen molar-refractivity contribution in [3.8, 4) is 0 Å². The van der Waals surface area contributed by atoms with E-state index in [1.807, 2.05) is 6.07 Å². The van der Waals surface area contributed by atoms with E-state index in [-0.39, 0.29) is 11.9 Å². The number of rotatable bonds is 6. The highest BCUT2D eigenvalue weighted by Gasteiger charge is 2.38. The molecule has 0 bridgehead atoms. The third kappa shape index (κ3) is 3.81. The van der Waals surface area contributed by atoms with E-state index in [0.717, 1.165) is 55.5 Å². The lowest BCUT2D eigenvalue weighted by Gasteiger charge is -2.41. The molecule has 1 aromatic carbocycles. The minimum absolute atomic E-state index is 0.125. The first kappa shape index (κ1) is 17.6. The molecule has 4 rings (SSSR count). The van der Waals surface area contributed by atoms with Gasteiger partial charge in [0.15, 0.2) is 0 Å². The monoisotopic (exact) mass is 370 g/mol. The largest absolute Gasteiger partial charge is 0.332 e. The Morgan fingerprint density at radius 1 is 1.23 bits per heavy atom. The van der Waals surface area contributed by atoms with Gasteiger partial charge in [-0.1, -0.05) is 48.2 Å². The van der Waals surface area contributed by atoms with Crippen molar-refractivity contribution in [2.75, 3.05) is 19.6 Å². The standard InChI is InChI=1S/C20H26N4OS/c1-2-6-18-19(26-22-21-18)20(25)24-12-11-23(16-9-10-16)14-17(24)13-15-7-4-3-5-8-15/h3-5,7-8,16-17H,2,6,9-14H2,1H3. The first-order chi connectivity index (χ1) is 12.8. The number of amides is 1. The number of hydrogen-bond donors (Lipinski definition) is 0. The van der Waals surface area contributed by atoms with E-state index in [9.17, 15) is 4.79 Å². The van der Waals surface area contributed by atoms with Crippen LogP contribution < -0.4 is 0 Å². The van der Waals surface area contributed by atoms with E-state index < -0.39 is 0 Å². The molecular weight excluding hydrogens is 344 g/mol. The molecule has 138 valence electrons. The van der Waals surface area contributed by atoms with E-state index in [0.29, 0.717) is 0 Å². The van der Waals surface area contributed by atoms with Gasteiger partial charge in [0.25, 0.3) is 5.91 Å². The summed E-state index contributed by atoms with van der Waals surface area (Å²) in [4.78, 5) is 18.7. The summed E-state index contributed by atoms with van der Waals surface area (Å²) < 4.78 is 4.05. The van der Waals surface area contributed by atoms with Crippen LogP contribution in [0.2, 0.25) is 0 Å². The van der Waals surface area contributed by atoms with Crippen molar-refractivity contribution in [1.82, 2.24) is 19.4 Å². The molecule has 6 heteroatoms. The number of hydrogen-bond acceptors (Lipinski definition) is 5. The molecule has 0 spiro atoms. The summed E-state index contributed by atoms with van der Waals surface area (Å²) in [5.41, 5.74) is 2.16. The van der Waals surface area contributed by atoms with Gasteiger partial charge in [-0.05, 0) is 42.8 Å². The summed E-state index contributed by atoms with van der Waals surface area (Å²) >= 11 is 1.25. The molecule has 26 heavy (non-hydrogen) atoms. The highest BCUT2D eigenvalue weighted by Crippen LogP contribution is 2.30. The zero-order valence-corrected chi connectivity index (χ0v) is 16.1. The lowest BCUT2D eigenvalue weighted by Crippen LogP contribution is -2.56. The maximum atomic E-state index is 13.3. The summed E-state index contributed by atoms with van der Waals surface area (Å²) in [6.45, 7) is 4.87. The minimum atomic E-state index is 0.125. The van der Waals surface area contributed by atoms with Crippen LogP contribution >= 0.6 is 11.5 Å². The van der Waals surface area contributed by atoms with Crippen molar-refractivity contribution in [2.45, 2.75) is 51.1 Å². The molecule has 2 aliphatic rings. The molecule has 0 N–H and O–H groups in total. The normalized spacial score (nSPS) is 21.1. The Morgan fingerprint density at radius 2 is 2.04 bits per heavy atom. The van der Waals surface area contributed by atoms with Gasteiger partial charge in [0.05, 0.1) is 5.69 Å². The molecule has 1 aliphatic carbocycles. The second-order valence-electron chi connectivity index (χ2n) is 7.37. The first-order valence-corrected chi connectivity index (χ1v) is 10.4. The molecule has 0 radical (unpaired) electrons. The van der Waals surface area contributed by atoms with Crippen LogP contribution in [-0.4, -0.2) is 57.0 Å². The van der Waals surface area contributed by atoms with Crippen LogP contribution in [0.25, 0.3) is 0 Å². The summed E-state index contributed by atoms with van der Waals surface area (Å²) in [5.74, 6) is 0.125. The van der Waals surface area contributed by atoms with Gasteiger partial charge in [-0.15, -0.1) is 5.10 Å². The van der Waals surface area contributed by atoms with Crippen molar-refractivity contribution in [3.05, 3.63) is 46.5 Å². The van der Waals surface area contributed by atoms with E-state index in [4.69, 9.17) is 0 Å². The first-order valence-electron chi connectivity index (χ1n) is 9.66. The Bertz CT molecular complexity index is 743. The van der Waals surface area contributed by atoms with Gasteiger partial charge in [0.1, 0.15) is 4.88 Å². The fraction of sp³-hybridized carbons (Fsp3) is 0.550. The molecule has 1 atom stereocenters. The topological polar surface area (TPSA) is 49.3 Å². The van der Waals surface area contributed by atoms with Crippen molar-refractivity contribution in [1.29, 1.82) is 0 Å². The number of piperazine rings is 1. The number of benzene rings is 1. The van der Waals surface area contributed by atoms with Crippen LogP contribution in [0.15, 0.2) is 30.3 Å². The van der Waals surface area contributed by atoms with Gasteiger partial charge in [-0.25, -0.2) is 0 Å². The average Bonchev–Trinajstić information content (AvgIpc) is 3.42. The summed E-state index contributed by atoms with van der Waals surface area (Å²) in [5, 5.41) is 4.19. The molecular formula is C20H26N4OS. The second kappa shape index (κ2) is 7.84. The molecule has 2 fully saturated rings. The zero-order chi connectivity index (χ0) is 17.9. The van der Waals surface area contributed by atoms with Crippen LogP contribution in [-0.2, 0) is 12.8 Å². The van der Waals surface area contributed by atoms with Crippen LogP contribution in [0.3, 0.4) is 0 Å². The highest BCUT2D eigenvalue weighted by molar-refractivity contribution is 7.08. The quantitative estimate of drug-likeness (QED) is 0.784. The van der Waals surface area contributed by atoms with Gasteiger partial charge in [0, 0.05) is 31.7 Å². The highest BCUT2D eigenvalue weighted by atomic mass is 32.1. The molecule has 2 heterocycles. The number of aryl methyl sites for hydroxylation is 1. The third-order valence-corrected chi connectivity index (χ3v) is 6.15. The van der Waals surface area contributed by atoms with Gasteiger partial charge < -0.3 is 4.90 Å². The fourth-order valence-electron chi connectivity index (χ4n) is 3.88. The Labute approximate surface area is 159 Å². The molecule has 2 aromatic rings. The molecule has 1 saturated heterocycles. The molecule has 1 aliphatic heterocycles. The second-order valence-corrected chi connectivity index (χ2v) is 8.12. The molecule has 5 nitrogen and oxygen atoms in total. The van der Waals surface area contributed by atoms with E-state index in [1.165, 1.54) is 29.9 Å². The zero-order valence-electron chi connectivity index (χ0n) is 15.3. The predicted octanol–water partition coefficient (Wildman–Crippen LogP) is 3.02. The minimum Gasteiger partial charge on any atom is -0.332 e. The van der Waals surface area contributed by atoms with Gasteiger partial charge in [-0.2, -0.15) is 0 Å². The molecule has 1 aromatic heterocycles. The lowest BCUT2D eigenvalue weighted by molar-refractivity contribution is 0.0440. The van der Waals surface area contributed by atoms with Crippen molar-refractivity contribution in [3.63, 3.8) is 0 Å². The Balaban J connectivity index is 1.55. The Kier molecular flexibility index (Phi) is 5.31. The lowest BCUT2D eigenvalue weighted by atomic mass is 10.0. The van der Waals surface area contributed by atoms with E-state index in [2.05, 4.69) is 50.6 Å². The molecule has 1 saturated carbocycles. The van der Waals surface area contributed by atoms with Gasteiger partial charge in [0.2, 0.25) is 0 Å². The summed E-state index contributed by atoms with van der Waals surface area (Å²) in [6.07, 6.45) is 5.33. The average molecular weight is 371 g/mol. The van der Waals surface area contributed by atoms with Crippen molar-refractivity contribution < 1.29 is 4.79 Å². The van der Waals surface area contributed by atoms with Crippen LogP contribution in [0, 0.1) is 0 Å². The predicted molar refractivity (Wildman–Crippen MR) is 103 cm³/mol. The number of aromatic nitrogens is 2. The van der Waals surface area contributed by atoms with Gasteiger partial charge >= 0.3 is 0 Å². The third-order valence-electron chi connectivity index (χ3n) is 5.39. The number of nitrogens with zero attached hydrogens (tertiary/aromatic N) is 4. The van der Waals surface area contributed by atoms with Crippen LogP contribution in [0.4, 0.5) is 0 Å². The van der Waals surface area contributed by atoms with Crippen molar-refractivity contribution >= 4 is 17.4 Å². The summed E-state index contributed by atoms with van der Waals surface area (Å²) in [7, 11) is 0. The van der Waals surface area contributed by atoms with Crippen LogP contribution in [0.1, 0.15) is 47.1 Å². The Morgan fingerprint density at radius 3 is 2.77 bits per heavy atom. The fourth-order valence-corrected chi connectivity index (χ4v) is 4.55. The maximum absolute atomic E-state index is 13.3.